The van der Waals surface area contributed by atoms with E-state index < -0.39 is 0 Å². The first kappa shape index (κ1) is 16.5. The van der Waals surface area contributed by atoms with Crippen molar-refractivity contribution in [3.05, 3.63) is 66.6 Å². The highest BCUT2D eigenvalue weighted by molar-refractivity contribution is 5.89. The van der Waals surface area contributed by atoms with E-state index in [1.54, 1.807) is 29.2 Å². The molecule has 3 rings (SSSR count). The van der Waals surface area contributed by atoms with Crippen molar-refractivity contribution >= 4 is 11.7 Å². The van der Waals surface area contributed by atoms with Crippen LogP contribution >= 0.6 is 0 Å². The van der Waals surface area contributed by atoms with E-state index in [2.05, 4.69) is 20.7 Å². The van der Waals surface area contributed by atoms with Gasteiger partial charge in [0.2, 0.25) is 5.88 Å². The Kier molecular flexibility index (Phi) is 5.26. The van der Waals surface area contributed by atoms with E-state index in [1.807, 2.05) is 43.4 Å². The van der Waals surface area contributed by atoms with E-state index >= 15 is 0 Å². The van der Waals surface area contributed by atoms with Crippen molar-refractivity contribution in [1.29, 1.82) is 0 Å². The molecule has 0 aliphatic heterocycles. The number of aromatic nitrogens is 3. The third-order valence-electron chi connectivity index (χ3n) is 3.55. The number of pyridine rings is 1. The predicted molar refractivity (Wildman–Crippen MR) is 94.7 cm³/mol. The summed E-state index contributed by atoms with van der Waals surface area (Å²) in [4.78, 5) is 16.1. The second-order valence-corrected chi connectivity index (χ2v) is 5.37. The van der Waals surface area contributed by atoms with Gasteiger partial charge in [-0.15, -0.1) is 0 Å². The van der Waals surface area contributed by atoms with Gasteiger partial charge in [-0.1, -0.05) is 18.2 Å². The van der Waals surface area contributed by atoms with Crippen molar-refractivity contribution in [3.8, 4) is 11.6 Å². The fourth-order valence-corrected chi connectivity index (χ4v) is 2.28. The largest absolute Gasteiger partial charge is 0.439 e. The number of benzene rings is 1. The third kappa shape index (κ3) is 4.81. The fraction of sp³-hybridized carbons (Fsp3) is 0.167. The van der Waals surface area contributed by atoms with Gasteiger partial charge in [0.1, 0.15) is 5.75 Å². The maximum absolute atomic E-state index is 12.0. The van der Waals surface area contributed by atoms with Crippen LogP contribution in [0.2, 0.25) is 0 Å². The first-order chi connectivity index (χ1) is 12.2. The molecule has 2 heterocycles. The van der Waals surface area contributed by atoms with Crippen LogP contribution in [-0.2, 0) is 13.5 Å². The highest BCUT2D eigenvalue weighted by atomic mass is 16.5. The summed E-state index contributed by atoms with van der Waals surface area (Å²) < 4.78 is 7.44. The van der Waals surface area contributed by atoms with Crippen molar-refractivity contribution in [1.82, 2.24) is 20.1 Å². The van der Waals surface area contributed by atoms with Crippen molar-refractivity contribution in [2.24, 2.45) is 7.05 Å². The van der Waals surface area contributed by atoms with E-state index in [-0.39, 0.29) is 6.03 Å². The van der Waals surface area contributed by atoms with E-state index in [9.17, 15) is 4.79 Å². The zero-order valence-electron chi connectivity index (χ0n) is 13.8. The van der Waals surface area contributed by atoms with Crippen molar-refractivity contribution < 1.29 is 9.53 Å². The molecule has 25 heavy (non-hydrogen) atoms. The normalized spacial score (nSPS) is 10.3. The molecule has 7 nitrogen and oxygen atoms in total. The molecule has 0 aliphatic rings. The van der Waals surface area contributed by atoms with Crippen LogP contribution in [0.1, 0.15) is 5.69 Å². The molecular weight excluding hydrogens is 318 g/mol. The molecule has 0 spiro atoms. The zero-order chi connectivity index (χ0) is 17.5. The highest BCUT2D eigenvalue weighted by Crippen LogP contribution is 2.21. The Morgan fingerprint density at radius 2 is 2.00 bits per heavy atom. The number of para-hydroxylation sites is 1. The summed E-state index contributed by atoms with van der Waals surface area (Å²) >= 11 is 0. The van der Waals surface area contributed by atoms with Crippen LogP contribution in [0.25, 0.3) is 0 Å². The number of nitrogens with zero attached hydrogens (tertiary/aromatic N) is 3. The first-order valence-electron chi connectivity index (χ1n) is 7.91. The van der Waals surface area contributed by atoms with Gasteiger partial charge in [0, 0.05) is 49.9 Å². The number of nitrogens with one attached hydrogen (secondary N) is 2. The van der Waals surface area contributed by atoms with Gasteiger partial charge in [-0.3, -0.25) is 4.68 Å². The number of urea groups is 1. The van der Waals surface area contributed by atoms with Gasteiger partial charge in [-0.05, 0) is 24.3 Å². The Hall–Kier alpha value is -3.35. The summed E-state index contributed by atoms with van der Waals surface area (Å²) in [5.74, 6) is 1.10. The summed E-state index contributed by atoms with van der Waals surface area (Å²) in [6.45, 7) is 0.518. The lowest BCUT2D eigenvalue weighted by molar-refractivity contribution is 0.252. The number of carbonyl (C=O) groups is 1. The Balaban J connectivity index is 1.51. The maximum atomic E-state index is 12.0. The summed E-state index contributed by atoms with van der Waals surface area (Å²) in [7, 11) is 1.88. The first-order valence-corrected chi connectivity index (χ1v) is 7.91. The Morgan fingerprint density at radius 1 is 1.16 bits per heavy atom. The minimum Gasteiger partial charge on any atom is -0.439 e. The summed E-state index contributed by atoms with van der Waals surface area (Å²) in [5.41, 5.74) is 1.67. The number of amides is 2. The molecule has 128 valence electrons. The number of carbonyl (C=O) groups excluding carboxylic acids is 1. The number of aryl methyl sites for hydroxylation is 1. The second kappa shape index (κ2) is 7.96. The molecule has 0 unspecified atom stereocenters. The van der Waals surface area contributed by atoms with Gasteiger partial charge >= 0.3 is 6.03 Å². The van der Waals surface area contributed by atoms with Crippen LogP contribution in [0.4, 0.5) is 10.5 Å². The Bertz CT molecular complexity index is 832. The molecule has 2 aromatic heterocycles. The number of hydrogen-bond donors (Lipinski definition) is 2. The monoisotopic (exact) mass is 337 g/mol. The standard InChI is InChI=1S/C18H19N5O2/c1-23-15(9-12-21-23)8-11-20-18(24)22-14-7-10-19-17(13-14)25-16-5-3-2-4-6-16/h2-7,9-10,12-13H,8,11H2,1H3,(H2,19,20,22,24). The van der Waals surface area contributed by atoms with E-state index in [0.717, 1.165) is 5.69 Å². The third-order valence-corrected chi connectivity index (χ3v) is 3.55. The SMILES string of the molecule is Cn1nccc1CCNC(=O)Nc1ccnc(Oc2ccccc2)c1. The molecule has 0 atom stereocenters. The van der Waals surface area contributed by atoms with Crippen LogP contribution in [-0.4, -0.2) is 27.3 Å². The molecule has 2 amide bonds. The predicted octanol–water partition coefficient (Wildman–Crippen LogP) is 2.97. The molecule has 0 aliphatic carbocycles. The van der Waals surface area contributed by atoms with E-state index in [0.29, 0.717) is 30.3 Å². The topological polar surface area (TPSA) is 81.1 Å². The molecule has 1 aromatic carbocycles. The average Bonchev–Trinajstić information content (AvgIpc) is 3.01. The van der Waals surface area contributed by atoms with Crippen LogP contribution in [0.15, 0.2) is 60.9 Å². The number of hydrogen-bond acceptors (Lipinski definition) is 4. The molecule has 0 saturated carbocycles. The molecule has 7 heteroatoms. The van der Waals surface area contributed by atoms with E-state index in [4.69, 9.17) is 4.74 Å². The average molecular weight is 337 g/mol. The second-order valence-electron chi connectivity index (χ2n) is 5.37. The van der Waals surface area contributed by atoms with E-state index in [1.165, 1.54) is 0 Å². The van der Waals surface area contributed by atoms with Gasteiger partial charge < -0.3 is 15.4 Å². The number of rotatable bonds is 6. The van der Waals surface area contributed by atoms with Gasteiger partial charge in [-0.2, -0.15) is 5.10 Å². The molecule has 3 aromatic rings. The van der Waals surface area contributed by atoms with Crippen molar-refractivity contribution in [2.75, 3.05) is 11.9 Å². The number of anilines is 1. The van der Waals surface area contributed by atoms with Gasteiger partial charge in [0.15, 0.2) is 0 Å². The van der Waals surface area contributed by atoms with Gasteiger partial charge in [0.05, 0.1) is 0 Å². The van der Waals surface area contributed by atoms with Gasteiger partial charge in [0.25, 0.3) is 0 Å². The summed E-state index contributed by atoms with van der Waals surface area (Å²) in [6.07, 6.45) is 4.03. The summed E-state index contributed by atoms with van der Waals surface area (Å²) in [5, 5.41) is 9.68. The molecule has 0 bridgehead atoms. The molecule has 0 saturated heterocycles. The maximum Gasteiger partial charge on any atom is 0.319 e. The van der Waals surface area contributed by atoms with Crippen LogP contribution in [0.5, 0.6) is 11.6 Å². The Labute approximate surface area is 145 Å². The van der Waals surface area contributed by atoms with Gasteiger partial charge in [-0.25, -0.2) is 9.78 Å². The van der Waals surface area contributed by atoms with Crippen LogP contribution in [0, 0.1) is 0 Å². The highest BCUT2D eigenvalue weighted by Gasteiger charge is 2.05. The lowest BCUT2D eigenvalue weighted by Gasteiger charge is -2.09. The molecule has 0 radical (unpaired) electrons. The Morgan fingerprint density at radius 3 is 2.76 bits per heavy atom. The van der Waals surface area contributed by atoms with Crippen molar-refractivity contribution in [2.45, 2.75) is 6.42 Å². The van der Waals surface area contributed by atoms with Crippen molar-refractivity contribution in [3.63, 3.8) is 0 Å². The van der Waals surface area contributed by atoms with Crippen LogP contribution in [0.3, 0.4) is 0 Å². The lowest BCUT2D eigenvalue weighted by atomic mass is 10.3. The zero-order valence-corrected chi connectivity index (χ0v) is 13.8. The quantitative estimate of drug-likeness (QED) is 0.724. The molecule has 0 fully saturated rings. The smallest absolute Gasteiger partial charge is 0.319 e. The van der Waals surface area contributed by atoms with Crippen LogP contribution < -0.4 is 15.4 Å². The lowest BCUT2D eigenvalue weighted by Crippen LogP contribution is -2.30. The fourth-order valence-electron chi connectivity index (χ4n) is 2.28. The summed E-state index contributed by atoms with van der Waals surface area (Å²) in [6, 6.07) is 14.4. The number of ether oxygens (including phenoxy) is 1. The molecular formula is C18H19N5O2. The minimum absolute atomic E-state index is 0.279. The minimum atomic E-state index is -0.279. The molecule has 2 N–H and O–H groups in total.